The number of nitrogens with zero attached hydrogens (tertiary/aromatic N) is 5. The third-order valence-electron chi connectivity index (χ3n) is 5.18. The van der Waals surface area contributed by atoms with Crippen LogP contribution in [0.25, 0.3) is 28.2 Å². The van der Waals surface area contributed by atoms with Crippen molar-refractivity contribution in [2.45, 2.75) is 30.5 Å². The molecule has 3 aromatic heterocycles. The van der Waals surface area contributed by atoms with Gasteiger partial charge in [0.2, 0.25) is 16.0 Å². The number of fused-ring (bicyclic) bond motifs is 1. The van der Waals surface area contributed by atoms with Gasteiger partial charge in [-0.15, -0.1) is 0 Å². The molecule has 0 aliphatic heterocycles. The molecule has 4 aromatic rings. The average Bonchev–Trinajstić information content (AvgIpc) is 3.11. The summed E-state index contributed by atoms with van der Waals surface area (Å²) in [5.74, 6) is -0.438. The molecule has 0 aliphatic carbocycles. The minimum absolute atomic E-state index is 0.0337. The van der Waals surface area contributed by atoms with Crippen molar-refractivity contribution in [3.8, 4) is 23.4 Å². The predicted octanol–water partition coefficient (Wildman–Crippen LogP) is 4.11. The van der Waals surface area contributed by atoms with E-state index in [9.17, 15) is 31.2 Å². The van der Waals surface area contributed by atoms with Crippen molar-refractivity contribution in [1.82, 2.24) is 24.2 Å². The van der Waals surface area contributed by atoms with Crippen LogP contribution in [-0.2, 0) is 10.0 Å². The molecule has 3 heterocycles. The van der Waals surface area contributed by atoms with Crippen molar-refractivity contribution in [2.75, 3.05) is 0 Å². The minimum atomic E-state index is -4.83. The smallest absolute Gasteiger partial charge is 0.275 e. The number of nitrogens with one attached hydrogen (secondary N) is 1. The van der Waals surface area contributed by atoms with Crippen LogP contribution in [0.4, 0.5) is 17.6 Å². The summed E-state index contributed by atoms with van der Waals surface area (Å²) in [5, 5.41) is 10.1. The molecule has 0 radical (unpaired) electrons. The van der Waals surface area contributed by atoms with Gasteiger partial charge in [0.1, 0.15) is 22.3 Å². The summed E-state index contributed by atoms with van der Waals surface area (Å²) in [6.45, 7) is 1.39. The number of alkyl halides is 3. The molecular formula is C22H16F4N6O2S. The summed E-state index contributed by atoms with van der Waals surface area (Å²) in [6.07, 6.45) is -1.03. The van der Waals surface area contributed by atoms with Crippen LogP contribution >= 0.6 is 0 Å². The van der Waals surface area contributed by atoms with Gasteiger partial charge in [-0.25, -0.2) is 22.8 Å². The second-order valence-electron chi connectivity index (χ2n) is 7.99. The normalized spacial score (nSPS) is 12.6. The van der Waals surface area contributed by atoms with Crippen molar-refractivity contribution in [2.24, 2.45) is 0 Å². The van der Waals surface area contributed by atoms with Crippen molar-refractivity contribution < 1.29 is 26.0 Å². The molecule has 180 valence electrons. The van der Waals surface area contributed by atoms with Gasteiger partial charge in [-0.05, 0) is 50.2 Å². The van der Waals surface area contributed by atoms with Crippen LogP contribution < -0.4 is 4.72 Å². The summed E-state index contributed by atoms with van der Waals surface area (Å²) >= 11 is 0. The molecule has 8 nitrogen and oxygen atoms in total. The number of hydrogen-bond acceptors (Lipinski definition) is 6. The van der Waals surface area contributed by atoms with Gasteiger partial charge in [0, 0.05) is 24.0 Å². The van der Waals surface area contributed by atoms with E-state index in [0.717, 1.165) is 12.3 Å². The molecule has 1 N–H and O–H groups in total. The number of benzene rings is 1. The average molecular weight is 504 g/mol. The lowest BCUT2D eigenvalue weighted by molar-refractivity contribution is -0.180. The molecule has 13 heteroatoms. The zero-order valence-corrected chi connectivity index (χ0v) is 19.0. The molecular weight excluding hydrogens is 488 g/mol. The number of nitriles is 1. The molecule has 0 amide bonds. The highest BCUT2D eigenvalue weighted by molar-refractivity contribution is 7.89. The number of pyridine rings is 1. The zero-order chi connectivity index (χ0) is 25.6. The van der Waals surface area contributed by atoms with E-state index in [1.807, 2.05) is 6.07 Å². The maximum Gasteiger partial charge on any atom is 0.407 e. The van der Waals surface area contributed by atoms with Crippen LogP contribution in [0.3, 0.4) is 0 Å². The molecule has 35 heavy (non-hydrogen) atoms. The quantitative estimate of drug-likeness (QED) is 0.409. The Morgan fingerprint density at radius 1 is 1.06 bits per heavy atom. The molecule has 1 aromatic carbocycles. The Hall–Kier alpha value is -3.89. The molecule has 4 rings (SSSR count). The van der Waals surface area contributed by atoms with E-state index in [1.165, 1.54) is 41.2 Å². The summed E-state index contributed by atoms with van der Waals surface area (Å²) in [5.41, 5.74) is -2.03. The van der Waals surface area contributed by atoms with Crippen molar-refractivity contribution in [3.63, 3.8) is 0 Å². The predicted molar refractivity (Wildman–Crippen MR) is 117 cm³/mol. The summed E-state index contributed by atoms with van der Waals surface area (Å²) in [6, 6.07) is 9.68. The van der Waals surface area contributed by atoms with Gasteiger partial charge in [-0.2, -0.15) is 23.2 Å². The maximum absolute atomic E-state index is 14.0. The third-order valence-corrected chi connectivity index (χ3v) is 6.82. The SMILES string of the molecule is CC(C)(NS(=O)(=O)c1ccc(-c2c(C#N)c3cc(F)ccc3n2-c2ncccn2)nc1)C(F)(F)F. The zero-order valence-electron chi connectivity index (χ0n) is 18.2. The standard InChI is InChI=1S/C22H16F4N6O2S/c1-21(2,22(24,25)26)31-35(33,34)14-5-6-17(30-12-14)19-16(11-27)15-10-13(23)4-7-18(15)32(19)20-28-8-3-9-29-20/h3-10,12,31H,1-2H3. The number of sulfonamides is 1. The summed E-state index contributed by atoms with van der Waals surface area (Å²) in [7, 11) is -4.59. The molecule has 0 aliphatic rings. The van der Waals surface area contributed by atoms with E-state index in [0.29, 0.717) is 19.4 Å². The topological polar surface area (TPSA) is 114 Å². The van der Waals surface area contributed by atoms with E-state index < -0.39 is 32.5 Å². The molecule has 0 saturated carbocycles. The fraction of sp³-hybridized carbons (Fsp3) is 0.182. The monoisotopic (exact) mass is 504 g/mol. The molecule has 0 spiro atoms. The highest BCUT2D eigenvalue weighted by atomic mass is 32.2. The second kappa shape index (κ2) is 8.40. The van der Waals surface area contributed by atoms with Crippen LogP contribution in [0.2, 0.25) is 0 Å². The van der Waals surface area contributed by atoms with E-state index in [2.05, 4.69) is 15.0 Å². The van der Waals surface area contributed by atoms with Crippen LogP contribution in [0.5, 0.6) is 0 Å². The van der Waals surface area contributed by atoms with E-state index in [-0.39, 0.29) is 28.3 Å². The van der Waals surface area contributed by atoms with Crippen molar-refractivity contribution >= 4 is 20.9 Å². The lowest BCUT2D eigenvalue weighted by atomic mass is 10.1. The van der Waals surface area contributed by atoms with Crippen LogP contribution in [0.1, 0.15) is 19.4 Å². The first-order valence-electron chi connectivity index (χ1n) is 9.94. The highest BCUT2D eigenvalue weighted by Gasteiger charge is 2.49. The van der Waals surface area contributed by atoms with Gasteiger partial charge in [-0.1, -0.05) is 0 Å². The van der Waals surface area contributed by atoms with E-state index in [1.54, 1.807) is 10.8 Å². The Morgan fingerprint density at radius 2 is 1.74 bits per heavy atom. The number of halogens is 4. The first-order valence-corrected chi connectivity index (χ1v) is 11.4. The number of rotatable bonds is 5. The Kier molecular flexibility index (Phi) is 5.82. The number of aromatic nitrogens is 4. The van der Waals surface area contributed by atoms with E-state index >= 15 is 0 Å². The fourth-order valence-electron chi connectivity index (χ4n) is 3.37. The third kappa shape index (κ3) is 4.33. The molecule has 0 unspecified atom stereocenters. The lowest BCUT2D eigenvalue weighted by Crippen LogP contribution is -2.54. The molecule has 0 bridgehead atoms. The van der Waals surface area contributed by atoms with Gasteiger partial charge in [0.25, 0.3) is 0 Å². The Balaban J connectivity index is 1.87. The largest absolute Gasteiger partial charge is 0.407 e. The van der Waals surface area contributed by atoms with Gasteiger partial charge < -0.3 is 0 Å². The Bertz CT molecular complexity index is 1560. The Labute approximate surface area is 196 Å². The summed E-state index contributed by atoms with van der Waals surface area (Å²) < 4.78 is 81.7. The first kappa shape index (κ1) is 24.2. The Morgan fingerprint density at radius 3 is 2.31 bits per heavy atom. The lowest BCUT2D eigenvalue weighted by Gasteiger charge is -2.28. The van der Waals surface area contributed by atoms with Gasteiger partial charge in [0.05, 0.1) is 22.5 Å². The highest BCUT2D eigenvalue weighted by Crippen LogP contribution is 2.35. The van der Waals surface area contributed by atoms with Gasteiger partial charge in [0.15, 0.2) is 0 Å². The van der Waals surface area contributed by atoms with Crippen LogP contribution in [-0.4, -0.2) is 39.7 Å². The van der Waals surface area contributed by atoms with E-state index in [4.69, 9.17) is 0 Å². The first-order chi connectivity index (χ1) is 16.4. The molecule has 0 saturated heterocycles. The van der Waals surface area contributed by atoms with Gasteiger partial charge in [-0.3, -0.25) is 9.55 Å². The second-order valence-corrected chi connectivity index (χ2v) is 9.67. The molecule has 0 fully saturated rings. The minimum Gasteiger partial charge on any atom is -0.275 e. The molecule has 0 atom stereocenters. The van der Waals surface area contributed by atoms with Crippen molar-refractivity contribution in [3.05, 3.63) is 66.4 Å². The van der Waals surface area contributed by atoms with Gasteiger partial charge >= 0.3 is 6.18 Å². The van der Waals surface area contributed by atoms with Crippen molar-refractivity contribution in [1.29, 1.82) is 5.26 Å². The van der Waals surface area contributed by atoms with Crippen LogP contribution in [0, 0.1) is 17.1 Å². The number of hydrogen-bond donors (Lipinski definition) is 1. The van der Waals surface area contributed by atoms with Crippen LogP contribution in [0.15, 0.2) is 59.9 Å². The summed E-state index contributed by atoms with van der Waals surface area (Å²) in [4.78, 5) is 12.0. The fourth-order valence-corrected chi connectivity index (χ4v) is 4.71. The maximum atomic E-state index is 14.0.